The quantitative estimate of drug-likeness (QED) is 0.658. The molecular weight excluding hydrogens is 244 g/mol. The zero-order chi connectivity index (χ0) is 13.7. The van der Waals surface area contributed by atoms with Crippen molar-refractivity contribution in [2.24, 2.45) is 0 Å². The third-order valence-corrected chi connectivity index (χ3v) is 2.79. The molecule has 0 radical (unpaired) electrons. The molecule has 1 heterocycles. The fourth-order valence-corrected chi connectivity index (χ4v) is 2.06. The summed E-state index contributed by atoms with van der Waals surface area (Å²) in [6.45, 7) is 1.49. The van der Waals surface area contributed by atoms with Crippen molar-refractivity contribution in [1.29, 1.82) is 0 Å². The van der Waals surface area contributed by atoms with Gasteiger partial charge in [0.15, 0.2) is 12.4 Å². The van der Waals surface area contributed by atoms with E-state index in [0.717, 1.165) is 0 Å². The Bertz CT molecular complexity index is 270. The zero-order valence-electron chi connectivity index (χ0n) is 11.0. The van der Waals surface area contributed by atoms with Crippen molar-refractivity contribution < 1.29 is 33.6 Å². The molecule has 106 valence electrons. The highest BCUT2D eigenvalue weighted by atomic mass is 16.7. The van der Waals surface area contributed by atoms with Gasteiger partial charge in [-0.05, 0) is 0 Å². The van der Waals surface area contributed by atoms with E-state index in [1.54, 1.807) is 0 Å². The number of carbonyl (C=O) groups excluding carboxylic acids is 1. The second-order valence-corrected chi connectivity index (χ2v) is 4.00. The van der Waals surface area contributed by atoms with Gasteiger partial charge in [-0.15, -0.1) is 0 Å². The SMILES string of the molecule is COC[C@H]1O[C@H](O)[C@@H](OC(C)=O)[C@@H](OC)[C@@H]1OC. The first-order chi connectivity index (χ1) is 8.54. The summed E-state index contributed by atoms with van der Waals surface area (Å²) in [5, 5.41) is 9.84. The number of rotatable bonds is 5. The van der Waals surface area contributed by atoms with Crippen LogP contribution in [-0.2, 0) is 28.5 Å². The van der Waals surface area contributed by atoms with E-state index in [2.05, 4.69) is 0 Å². The lowest BCUT2D eigenvalue weighted by molar-refractivity contribution is -0.298. The van der Waals surface area contributed by atoms with Crippen LogP contribution in [0.25, 0.3) is 0 Å². The van der Waals surface area contributed by atoms with E-state index in [9.17, 15) is 9.90 Å². The second-order valence-electron chi connectivity index (χ2n) is 4.00. The molecule has 0 aliphatic carbocycles. The molecule has 5 atom stereocenters. The van der Waals surface area contributed by atoms with Gasteiger partial charge >= 0.3 is 5.97 Å². The summed E-state index contributed by atoms with van der Waals surface area (Å²) in [6, 6.07) is 0. The fraction of sp³-hybridized carbons (Fsp3) is 0.909. The topological polar surface area (TPSA) is 83.5 Å². The third kappa shape index (κ3) is 3.39. The first kappa shape index (κ1) is 15.3. The fourth-order valence-electron chi connectivity index (χ4n) is 2.06. The zero-order valence-corrected chi connectivity index (χ0v) is 11.0. The number of aliphatic hydroxyl groups is 1. The maximum absolute atomic E-state index is 11.0. The molecule has 0 spiro atoms. The predicted molar refractivity (Wildman–Crippen MR) is 59.9 cm³/mol. The minimum atomic E-state index is -1.27. The van der Waals surface area contributed by atoms with E-state index in [4.69, 9.17) is 23.7 Å². The lowest BCUT2D eigenvalue weighted by Crippen LogP contribution is -2.61. The van der Waals surface area contributed by atoms with Crippen LogP contribution in [0.5, 0.6) is 0 Å². The first-order valence-corrected chi connectivity index (χ1v) is 5.60. The molecule has 1 rings (SSSR count). The minimum absolute atomic E-state index is 0.238. The Hall–Kier alpha value is -0.730. The molecule has 0 amide bonds. The van der Waals surface area contributed by atoms with Crippen molar-refractivity contribution in [1.82, 2.24) is 0 Å². The van der Waals surface area contributed by atoms with Gasteiger partial charge in [0.05, 0.1) is 6.61 Å². The average molecular weight is 264 g/mol. The monoisotopic (exact) mass is 264 g/mol. The molecular formula is C11H20O7. The van der Waals surface area contributed by atoms with Crippen molar-refractivity contribution in [2.45, 2.75) is 37.6 Å². The number of hydrogen-bond donors (Lipinski definition) is 1. The largest absolute Gasteiger partial charge is 0.454 e. The van der Waals surface area contributed by atoms with Crippen LogP contribution in [-0.4, -0.2) is 69.7 Å². The van der Waals surface area contributed by atoms with Gasteiger partial charge in [0.25, 0.3) is 0 Å². The lowest BCUT2D eigenvalue weighted by Gasteiger charge is -2.42. The van der Waals surface area contributed by atoms with Crippen LogP contribution in [0.15, 0.2) is 0 Å². The molecule has 0 bridgehead atoms. The number of esters is 1. The number of aliphatic hydroxyl groups excluding tert-OH is 1. The van der Waals surface area contributed by atoms with Gasteiger partial charge in [-0.2, -0.15) is 0 Å². The van der Waals surface area contributed by atoms with Crippen molar-refractivity contribution >= 4 is 5.97 Å². The van der Waals surface area contributed by atoms with E-state index in [-0.39, 0.29) is 6.61 Å². The number of ether oxygens (including phenoxy) is 5. The van der Waals surface area contributed by atoms with Gasteiger partial charge in [0, 0.05) is 28.3 Å². The smallest absolute Gasteiger partial charge is 0.303 e. The minimum Gasteiger partial charge on any atom is -0.454 e. The summed E-state index contributed by atoms with van der Waals surface area (Å²) in [5.41, 5.74) is 0. The van der Waals surface area contributed by atoms with Gasteiger partial charge in [-0.25, -0.2) is 0 Å². The third-order valence-electron chi connectivity index (χ3n) is 2.79. The molecule has 1 fully saturated rings. The van der Waals surface area contributed by atoms with Crippen LogP contribution < -0.4 is 0 Å². The molecule has 0 unspecified atom stereocenters. The Balaban J connectivity index is 2.85. The van der Waals surface area contributed by atoms with E-state index in [1.807, 2.05) is 0 Å². The summed E-state index contributed by atoms with van der Waals surface area (Å²) in [6.07, 6.45) is -3.81. The van der Waals surface area contributed by atoms with Crippen LogP contribution in [0.4, 0.5) is 0 Å². The number of hydrogen-bond acceptors (Lipinski definition) is 7. The Labute approximate surface area is 106 Å². The molecule has 0 aromatic heterocycles. The molecule has 1 aliphatic rings. The maximum atomic E-state index is 11.0. The highest BCUT2D eigenvalue weighted by Crippen LogP contribution is 2.26. The van der Waals surface area contributed by atoms with Crippen molar-refractivity contribution in [3.8, 4) is 0 Å². The van der Waals surface area contributed by atoms with E-state index in [0.29, 0.717) is 0 Å². The van der Waals surface area contributed by atoms with E-state index < -0.39 is 36.7 Å². The summed E-state index contributed by atoms with van der Waals surface area (Å²) >= 11 is 0. The van der Waals surface area contributed by atoms with Crippen LogP contribution in [0.2, 0.25) is 0 Å². The summed E-state index contributed by atoms with van der Waals surface area (Å²) < 4.78 is 25.9. The van der Waals surface area contributed by atoms with Gasteiger partial charge < -0.3 is 28.8 Å². The summed E-state index contributed by atoms with van der Waals surface area (Å²) in [5.74, 6) is -0.523. The molecule has 18 heavy (non-hydrogen) atoms. The Morgan fingerprint density at radius 1 is 1.17 bits per heavy atom. The summed E-state index contributed by atoms with van der Waals surface area (Å²) in [4.78, 5) is 11.0. The van der Waals surface area contributed by atoms with Crippen LogP contribution in [0.3, 0.4) is 0 Å². The Morgan fingerprint density at radius 3 is 2.22 bits per heavy atom. The Kier molecular flexibility index (Phi) is 5.97. The molecule has 1 N–H and O–H groups in total. The number of methoxy groups -OCH3 is 3. The van der Waals surface area contributed by atoms with Crippen LogP contribution >= 0.6 is 0 Å². The van der Waals surface area contributed by atoms with Gasteiger partial charge in [0.1, 0.15) is 18.3 Å². The first-order valence-electron chi connectivity index (χ1n) is 5.60. The molecule has 0 aromatic rings. The predicted octanol–water partition coefficient (Wildman–Crippen LogP) is -0.688. The Morgan fingerprint density at radius 2 is 1.78 bits per heavy atom. The summed E-state index contributed by atoms with van der Waals surface area (Å²) in [7, 11) is 4.46. The molecule has 7 heteroatoms. The van der Waals surface area contributed by atoms with Crippen molar-refractivity contribution in [2.75, 3.05) is 27.9 Å². The van der Waals surface area contributed by atoms with Crippen molar-refractivity contribution in [3.63, 3.8) is 0 Å². The number of carbonyl (C=O) groups is 1. The highest BCUT2D eigenvalue weighted by molar-refractivity contribution is 5.66. The second kappa shape index (κ2) is 7.01. The average Bonchev–Trinajstić information content (AvgIpc) is 2.31. The van der Waals surface area contributed by atoms with E-state index >= 15 is 0 Å². The normalized spacial score (nSPS) is 36.4. The molecule has 0 saturated carbocycles. The van der Waals surface area contributed by atoms with Crippen LogP contribution in [0.1, 0.15) is 6.92 Å². The standard InChI is InChI=1S/C11H20O7/c1-6(12)17-10-9(16-4)8(15-3)7(5-14-2)18-11(10)13/h7-11,13H,5H2,1-4H3/t7-,8-,9+,10+,11+/m1/s1. The maximum Gasteiger partial charge on any atom is 0.303 e. The molecule has 1 saturated heterocycles. The van der Waals surface area contributed by atoms with Crippen molar-refractivity contribution in [3.05, 3.63) is 0 Å². The van der Waals surface area contributed by atoms with E-state index in [1.165, 1.54) is 28.3 Å². The molecule has 1 aliphatic heterocycles. The van der Waals surface area contributed by atoms with Gasteiger partial charge in [-0.3, -0.25) is 4.79 Å². The van der Waals surface area contributed by atoms with Crippen LogP contribution in [0, 0.1) is 0 Å². The lowest BCUT2D eigenvalue weighted by atomic mass is 9.98. The molecule has 7 nitrogen and oxygen atoms in total. The van der Waals surface area contributed by atoms with Gasteiger partial charge in [-0.1, -0.05) is 0 Å². The highest BCUT2D eigenvalue weighted by Gasteiger charge is 2.47. The van der Waals surface area contributed by atoms with Gasteiger partial charge in [0.2, 0.25) is 0 Å². The molecule has 0 aromatic carbocycles.